The van der Waals surface area contributed by atoms with Crippen molar-refractivity contribution in [1.29, 1.82) is 0 Å². The van der Waals surface area contributed by atoms with E-state index < -0.39 is 6.10 Å². The Hall–Kier alpha value is -2.11. The molecule has 0 saturated carbocycles. The van der Waals surface area contributed by atoms with E-state index in [0.29, 0.717) is 19.3 Å². The summed E-state index contributed by atoms with van der Waals surface area (Å²) in [5.74, 6) is -0.844. The quantitative estimate of drug-likeness (QED) is 0.0261. The molecule has 0 N–H and O–H groups in total. The van der Waals surface area contributed by atoms with E-state index in [-0.39, 0.29) is 31.1 Å². The third-order valence-corrected chi connectivity index (χ3v) is 17.2. The second kappa shape index (κ2) is 71.4. The van der Waals surface area contributed by atoms with Crippen LogP contribution in [0.5, 0.6) is 0 Å². The molecule has 6 nitrogen and oxygen atoms in total. The van der Waals surface area contributed by atoms with Crippen LogP contribution in [-0.2, 0) is 28.6 Å². The molecule has 0 amide bonds. The maximum atomic E-state index is 13.0. The van der Waals surface area contributed by atoms with E-state index in [9.17, 15) is 14.4 Å². The van der Waals surface area contributed by atoms with Crippen molar-refractivity contribution in [3.8, 4) is 0 Å². The minimum absolute atomic E-state index is 0.0678. The van der Waals surface area contributed by atoms with Gasteiger partial charge in [0.2, 0.25) is 0 Å². The standard InChI is InChI=1S/C76H144O6/c1-4-7-10-13-16-19-22-25-27-29-31-33-35-37-38-40-41-43-45-47-49-51-54-57-60-63-66-69-75(78)81-72-73(71-80-74(77)68-65-62-59-56-53-24-21-18-15-12-9-6-3)82-76(79)70-67-64-61-58-55-52-50-48-46-44-42-39-36-34-32-30-28-26-23-20-17-14-11-8-5-2/h18,21,29,31,73H,4-17,19-20,22-28,30,32-72H2,1-3H3/b21-18-,31-29-. The van der Waals surface area contributed by atoms with Gasteiger partial charge in [0.15, 0.2) is 6.10 Å². The molecule has 0 heterocycles. The van der Waals surface area contributed by atoms with Crippen LogP contribution in [0.2, 0.25) is 0 Å². The summed E-state index contributed by atoms with van der Waals surface area (Å²) in [7, 11) is 0. The molecule has 0 radical (unpaired) electrons. The van der Waals surface area contributed by atoms with Crippen molar-refractivity contribution in [2.45, 2.75) is 431 Å². The number of carbonyl (C=O) groups excluding carboxylic acids is 3. The van der Waals surface area contributed by atoms with Gasteiger partial charge in [-0.3, -0.25) is 14.4 Å². The highest BCUT2D eigenvalue weighted by Gasteiger charge is 2.20. The second-order valence-electron chi connectivity index (χ2n) is 25.6. The van der Waals surface area contributed by atoms with Gasteiger partial charge in [-0.05, 0) is 70.6 Å². The second-order valence-corrected chi connectivity index (χ2v) is 25.6. The Morgan fingerprint density at radius 3 is 0.634 bits per heavy atom. The third kappa shape index (κ3) is 68.7. The van der Waals surface area contributed by atoms with Crippen molar-refractivity contribution < 1.29 is 28.6 Å². The number of hydrogen-bond acceptors (Lipinski definition) is 6. The van der Waals surface area contributed by atoms with Gasteiger partial charge in [-0.15, -0.1) is 0 Å². The minimum Gasteiger partial charge on any atom is -0.462 e. The van der Waals surface area contributed by atoms with Crippen LogP contribution in [-0.4, -0.2) is 37.2 Å². The van der Waals surface area contributed by atoms with Gasteiger partial charge in [-0.25, -0.2) is 0 Å². The molecule has 0 spiro atoms. The van der Waals surface area contributed by atoms with Crippen molar-refractivity contribution in [1.82, 2.24) is 0 Å². The van der Waals surface area contributed by atoms with Crippen LogP contribution >= 0.6 is 0 Å². The molecule has 0 aromatic heterocycles. The predicted octanol–water partition coefficient (Wildman–Crippen LogP) is 25.7. The zero-order valence-corrected chi connectivity index (χ0v) is 55.8. The summed E-state index contributed by atoms with van der Waals surface area (Å²) in [5, 5.41) is 0. The van der Waals surface area contributed by atoms with Gasteiger partial charge < -0.3 is 14.2 Å². The summed E-state index contributed by atoms with van der Waals surface area (Å²) in [5.41, 5.74) is 0. The molecule has 0 fully saturated rings. The SMILES string of the molecule is CCCCC/C=C\CCCCCCCC(=O)OCC(COC(=O)CCCCCCCCCCCCCCCCC/C=C\CCCCCCCCCC)OC(=O)CCCCCCCCCCCCCCCCCCCCCCCCCCC. The molecule has 0 aliphatic heterocycles. The lowest BCUT2D eigenvalue weighted by atomic mass is 10.0. The fourth-order valence-electron chi connectivity index (χ4n) is 11.6. The van der Waals surface area contributed by atoms with E-state index in [0.717, 1.165) is 64.2 Å². The van der Waals surface area contributed by atoms with Crippen LogP contribution in [0.25, 0.3) is 0 Å². The summed E-state index contributed by atoms with van der Waals surface area (Å²) < 4.78 is 17.0. The molecule has 0 aromatic carbocycles. The Morgan fingerprint density at radius 2 is 0.402 bits per heavy atom. The van der Waals surface area contributed by atoms with Crippen LogP contribution in [0.4, 0.5) is 0 Å². The summed E-state index contributed by atoms with van der Waals surface area (Å²) in [4.78, 5) is 38.4. The number of unbranched alkanes of at least 4 members (excludes halogenated alkanes) is 55. The van der Waals surface area contributed by atoms with Crippen LogP contribution in [0, 0.1) is 0 Å². The Labute approximate surface area is 513 Å². The lowest BCUT2D eigenvalue weighted by Gasteiger charge is -2.18. The van der Waals surface area contributed by atoms with Crippen LogP contribution in [0.3, 0.4) is 0 Å². The summed E-state index contributed by atoms with van der Waals surface area (Å²) in [6, 6.07) is 0. The molecule has 0 aliphatic carbocycles. The molecular weight excluding hydrogens is 1010 g/mol. The van der Waals surface area contributed by atoms with Crippen molar-refractivity contribution in [2.24, 2.45) is 0 Å². The Balaban J connectivity index is 4.16. The number of allylic oxidation sites excluding steroid dienone is 4. The first kappa shape index (κ1) is 79.9. The first-order valence-corrected chi connectivity index (χ1v) is 37.3. The van der Waals surface area contributed by atoms with E-state index >= 15 is 0 Å². The average molecular weight is 1150 g/mol. The molecule has 6 heteroatoms. The fourth-order valence-corrected chi connectivity index (χ4v) is 11.6. The molecule has 0 aliphatic rings. The maximum absolute atomic E-state index is 13.0. The first-order valence-electron chi connectivity index (χ1n) is 37.3. The van der Waals surface area contributed by atoms with Crippen LogP contribution in [0.1, 0.15) is 425 Å². The van der Waals surface area contributed by atoms with Gasteiger partial charge >= 0.3 is 17.9 Å². The molecule has 1 atom stereocenters. The zero-order chi connectivity index (χ0) is 59.2. The lowest BCUT2D eigenvalue weighted by molar-refractivity contribution is -0.167. The van der Waals surface area contributed by atoms with E-state index in [2.05, 4.69) is 45.1 Å². The molecule has 0 saturated heterocycles. The van der Waals surface area contributed by atoms with Gasteiger partial charge in [-0.1, -0.05) is 360 Å². The van der Waals surface area contributed by atoms with Gasteiger partial charge in [-0.2, -0.15) is 0 Å². The highest BCUT2D eigenvalue weighted by molar-refractivity contribution is 5.71. The molecule has 0 bridgehead atoms. The zero-order valence-electron chi connectivity index (χ0n) is 55.8. The van der Waals surface area contributed by atoms with Crippen LogP contribution in [0.15, 0.2) is 24.3 Å². The van der Waals surface area contributed by atoms with Gasteiger partial charge in [0.25, 0.3) is 0 Å². The third-order valence-electron chi connectivity index (χ3n) is 17.2. The molecular formula is C76H144O6. The van der Waals surface area contributed by atoms with Crippen molar-refractivity contribution in [3.63, 3.8) is 0 Å². The smallest absolute Gasteiger partial charge is 0.306 e. The highest BCUT2D eigenvalue weighted by atomic mass is 16.6. The van der Waals surface area contributed by atoms with E-state index in [1.54, 1.807) is 0 Å². The largest absolute Gasteiger partial charge is 0.462 e. The Kier molecular flexibility index (Phi) is 69.5. The molecule has 0 aromatic rings. The Bertz CT molecular complexity index is 1320. The fraction of sp³-hybridized carbons (Fsp3) is 0.908. The van der Waals surface area contributed by atoms with E-state index in [4.69, 9.17) is 14.2 Å². The average Bonchev–Trinajstić information content (AvgIpc) is 3.48. The van der Waals surface area contributed by atoms with Gasteiger partial charge in [0.05, 0.1) is 0 Å². The topological polar surface area (TPSA) is 78.9 Å². The Morgan fingerprint density at radius 1 is 0.232 bits per heavy atom. The molecule has 82 heavy (non-hydrogen) atoms. The van der Waals surface area contributed by atoms with Crippen molar-refractivity contribution in [3.05, 3.63) is 24.3 Å². The summed E-state index contributed by atoms with van der Waals surface area (Å²) >= 11 is 0. The number of carbonyl (C=O) groups is 3. The van der Waals surface area contributed by atoms with Gasteiger partial charge in [0.1, 0.15) is 13.2 Å². The maximum Gasteiger partial charge on any atom is 0.306 e. The predicted molar refractivity (Wildman–Crippen MR) is 358 cm³/mol. The van der Waals surface area contributed by atoms with Crippen LogP contribution < -0.4 is 0 Å². The minimum atomic E-state index is -0.772. The number of ether oxygens (including phenoxy) is 3. The molecule has 0 rings (SSSR count). The molecule has 1 unspecified atom stereocenters. The summed E-state index contributed by atoms with van der Waals surface area (Å²) in [6.45, 7) is 6.70. The van der Waals surface area contributed by atoms with Crippen molar-refractivity contribution in [2.75, 3.05) is 13.2 Å². The van der Waals surface area contributed by atoms with Crippen molar-refractivity contribution >= 4 is 17.9 Å². The highest BCUT2D eigenvalue weighted by Crippen LogP contribution is 2.19. The normalized spacial score (nSPS) is 12.1. The number of rotatable bonds is 70. The number of esters is 3. The number of hydrogen-bond donors (Lipinski definition) is 0. The van der Waals surface area contributed by atoms with E-state index in [1.165, 1.54) is 321 Å². The lowest BCUT2D eigenvalue weighted by Crippen LogP contribution is -2.30. The summed E-state index contributed by atoms with van der Waals surface area (Å²) in [6.07, 6.45) is 88.0. The monoisotopic (exact) mass is 1150 g/mol. The van der Waals surface area contributed by atoms with Gasteiger partial charge in [0, 0.05) is 19.3 Å². The van der Waals surface area contributed by atoms with E-state index in [1.807, 2.05) is 0 Å². The molecule has 484 valence electrons. The first-order chi connectivity index (χ1) is 40.5.